The minimum absolute atomic E-state index is 0.0505. The third kappa shape index (κ3) is 3.95. The number of nitrogens with one attached hydrogen (secondary N) is 2. The quantitative estimate of drug-likeness (QED) is 0.488. The molecule has 180 valence electrons. The molecule has 5 rings (SSSR count). The van der Waals surface area contributed by atoms with Crippen LogP contribution in [0.3, 0.4) is 0 Å². The van der Waals surface area contributed by atoms with Gasteiger partial charge in [0.2, 0.25) is 0 Å². The second-order valence-electron chi connectivity index (χ2n) is 8.74. The van der Waals surface area contributed by atoms with Crippen LogP contribution in [0.1, 0.15) is 68.9 Å². The van der Waals surface area contributed by atoms with Gasteiger partial charge in [-0.25, -0.2) is 4.68 Å². The molecule has 0 fully saturated rings. The summed E-state index contributed by atoms with van der Waals surface area (Å²) in [5.74, 6) is -0.505. The monoisotopic (exact) mass is 493 g/mol. The highest BCUT2D eigenvalue weighted by atomic mass is 32.1. The van der Waals surface area contributed by atoms with E-state index in [9.17, 15) is 22.8 Å². The number of amides is 2. The number of hydrogen-bond donors (Lipinski definition) is 3. The van der Waals surface area contributed by atoms with Crippen LogP contribution >= 0.6 is 11.3 Å². The smallest absolute Gasteiger partial charge is 0.410 e. The SMILES string of the molecule is C[C@@H]1CCc2c(sc(NC(=O)c3cc4n(n3)[C@@H](C(F)(F)F)C[C@@H](c3ccco3)N4)c2C(N)=O)C1. The van der Waals surface area contributed by atoms with Crippen molar-refractivity contribution in [2.24, 2.45) is 11.7 Å². The molecule has 0 bridgehead atoms. The summed E-state index contributed by atoms with van der Waals surface area (Å²) < 4.78 is 47.5. The third-order valence-corrected chi connectivity index (χ3v) is 7.46. The van der Waals surface area contributed by atoms with Gasteiger partial charge in [-0.05, 0) is 42.9 Å². The Bertz CT molecular complexity index is 1250. The fourth-order valence-electron chi connectivity index (χ4n) is 4.63. The van der Waals surface area contributed by atoms with Crippen LogP contribution < -0.4 is 16.4 Å². The first-order chi connectivity index (χ1) is 16.1. The van der Waals surface area contributed by atoms with Crippen LogP contribution in [0.15, 0.2) is 28.9 Å². The lowest BCUT2D eigenvalue weighted by atomic mass is 9.88. The van der Waals surface area contributed by atoms with E-state index in [2.05, 4.69) is 22.7 Å². The lowest BCUT2D eigenvalue weighted by molar-refractivity contribution is -0.174. The summed E-state index contributed by atoms with van der Waals surface area (Å²) in [5.41, 5.74) is 6.50. The molecular weight excluding hydrogens is 471 g/mol. The van der Waals surface area contributed by atoms with Crippen molar-refractivity contribution in [1.29, 1.82) is 0 Å². The van der Waals surface area contributed by atoms with E-state index in [1.165, 1.54) is 23.7 Å². The van der Waals surface area contributed by atoms with Crippen molar-refractivity contribution in [3.63, 3.8) is 0 Å². The number of halogens is 3. The summed E-state index contributed by atoms with van der Waals surface area (Å²) in [5, 5.41) is 9.89. The molecule has 1 aliphatic carbocycles. The van der Waals surface area contributed by atoms with E-state index in [1.54, 1.807) is 12.1 Å². The highest BCUT2D eigenvalue weighted by Crippen LogP contribution is 2.44. The highest BCUT2D eigenvalue weighted by Gasteiger charge is 2.47. The van der Waals surface area contributed by atoms with E-state index in [-0.39, 0.29) is 23.5 Å². The number of rotatable bonds is 4. The summed E-state index contributed by atoms with van der Waals surface area (Å²) in [7, 11) is 0. The zero-order chi connectivity index (χ0) is 24.2. The largest absolute Gasteiger partial charge is 0.467 e. The minimum Gasteiger partial charge on any atom is -0.467 e. The Hall–Kier alpha value is -3.28. The van der Waals surface area contributed by atoms with Gasteiger partial charge in [0, 0.05) is 17.4 Å². The fourth-order valence-corrected chi connectivity index (χ4v) is 6.04. The lowest BCUT2D eigenvalue weighted by Crippen LogP contribution is -2.35. The van der Waals surface area contributed by atoms with Crippen LogP contribution in [-0.2, 0) is 12.8 Å². The van der Waals surface area contributed by atoms with Gasteiger partial charge in [-0.2, -0.15) is 18.3 Å². The van der Waals surface area contributed by atoms with Crippen molar-refractivity contribution >= 4 is 34.0 Å². The standard InChI is InChI=1S/C22H22F3N5O3S/c1-10-4-5-11-15(7-10)34-21(18(11)19(26)31)28-20(32)13-9-17-27-12(14-3-2-6-33-14)8-16(22(23,24)25)30(17)29-13/h2-3,6,9-10,12,16,27H,4-5,7-8H2,1H3,(H2,26,31)(H,28,32)/t10-,12+,16-/m1/s1. The van der Waals surface area contributed by atoms with Crippen LogP contribution in [0, 0.1) is 5.92 Å². The second kappa shape index (κ2) is 8.19. The molecule has 3 aromatic heterocycles. The van der Waals surface area contributed by atoms with Crippen LogP contribution in [0.2, 0.25) is 0 Å². The Morgan fingerprint density at radius 2 is 2.18 bits per heavy atom. The molecule has 2 aliphatic rings. The molecule has 0 aromatic carbocycles. The molecule has 0 saturated heterocycles. The molecule has 3 atom stereocenters. The van der Waals surface area contributed by atoms with E-state index in [4.69, 9.17) is 10.2 Å². The number of fused-ring (bicyclic) bond motifs is 2. The number of aromatic nitrogens is 2. The van der Waals surface area contributed by atoms with Crippen molar-refractivity contribution in [3.05, 3.63) is 51.9 Å². The number of hydrogen-bond acceptors (Lipinski definition) is 6. The van der Waals surface area contributed by atoms with Gasteiger partial charge in [-0.1, -0.05) is 6.92 Å². The van der Waals surface area contributed by atoms with Crippen molar-refractivity contribution in [3.8, 4) is 0 Å². The number of primary amides is 1. The maximum atomic E-state index is 13.8. The predicted octanol–water partition coefficient (Wildman–Crippen LogP) is 4.67. The average Bonchev–Trinajstić information content (AvgIpc) is 3.49. The van der Waals surface area contributed by atoms with E-state index >= 15 is 0 Å². The lowest BCUT2D eigenvalue weighted by Gasteiger charge is -2.32. The molecule has 12 heteroatoms. The zero-order valence-electron chi connectivity index (χ0n) is 18.1. The molecule has 0 radical (unpaired) electrons. The highest BCUT2D eigenvalue weighted by molar-refractivity contribution is 7.17. The molecule has 2 amide bonds. The van der Waals surface area contributed by atoms with Crippen molar-refractivity contribution in [1.82, 2.24) is 9.78 Å². The molecule has 4 heterocycles. The first-order valence-electron chi connectivity index (χ1n) is 10.8. The summed E-state index contributed by atoms with van der Waals surface area (Å²) in [4.78, 5) is 26.1. The number of furan rings is 1. The van der Waals surface area contributed by atoms with E-state index in [1.807, 2.05) is 0 Å². The van der Waals surface area contributed by atoms with Crippen molar-refractivity contribution in [2.45, 2.75) is 50.9 Å². The molecule has 4 N–H and O–H groups in total. The summed E-state index contributed by atoms with van der Waals surface area (Å²) in [6, 6.07) is 1.80. The molecular formula is C22H22F3N5O3S. The number of nitrogens with zero attached hydrogens (tertiary/aromatic N) is 2. The van der Waals surface area contributed by atoms with Crippen LogP contribution in [-0.4, -0.2) is 27.8 Å². The van der Waals surface area contributed by atoms with E-state index in [0.717, 1.165) is 28.0 Å². The van der Waals surface area contributed by atoms with Gasteiger partial charge in [0.1, 0.15) is 16.6 Å². The summed E-state index contributed by atoms with van der Waals surface area (Å²) in [6.07, 6.45) is -1.15. The first kappa shape index (κ1) is 22.5. The van der Waals surface area contributed by atoms with Crippen molar-refractivity contribution < 1.29 is 27.2 Å². The van der Waals surface area contributed by atoms with Crippen LogP contribution in [0.4, 0.5) is 24.0 Å². The number of thiophene rings is 1. The normalized spacial score (nSPS) is 21.9. The average molecular weight is 494 g/mol. The van der Waals surface area contributed by atoms with Gasteiger partial charge < -0.3 is 20.8 Å². The summed E-state index contributed by atoms with van der Waals surface area (Å²) >= 11 is 1.28. The fraction of sp³-hybridized carbons (Fsp3) is 0.409. The van der Waals surface area contributed by atoms with E-state index in [0.29, 0.717) is 23.1 Å². The Morgan fingerprint density at radius 3 is 2.85 bits per heavy atom. The van der Waals surface area contributed by atoms with Gasteiger partial charge in [-0.3, -0.25) is 9.59 Å². The Morgan fingerprint density at radius 1 is 1.38 bits per heavy atom. The number of alkyl halides is 3. The van der Waals surface area contributed by atoms with Gasteiger partial charge in [-0.15, -0.1) is 11.3 Å². The Balaban J connectivity index is 1.45. The van der Waals surface area contributed by atoms with E-state index < -0.39 is 30.1 Å². The molecule has 34 heavy (non-hydrogen) atoms. The van der Waals surface area contributed by atoms with Gasteiger partial charge in [0.05, 0.1) is 17.9 Å². The van der Waals surface area contributed by atoms with Gasteiger partial charge in [0.25, 0.3) is 11.8 Å². The Labute approximate surface area is 196 Å². The predicted molar refractivity (Wildman–Crippen MR) is 119 cm³/mol. The number of carbonyl (C=O) groups excluding carboxylic acids is 2. The first-order valence-corrected chi connectivity index (χ1v) is 11.7. The maximum Gasteiger partial charge on any atom is 0.410 e. The molecule has 8 nitrogen and oxygen atoms in total. The third-order valence-electron chi connectivity index (χ3n) is 6.29. The number of nitrogens with two attached hydrogens (primary N) is 1. The van der Waals surface area contributed by atoms with Crippen LogP contribution in [0.5, 0.6) is 0 Å². The topological polar surface area (TPSA) is 115 Å². The van der Waals surface area contributed by atoms with Gasteiger partial charge in [0.15, 0.2) is 11.7 Å². The van der Waals surface area contributed by atoms with Gasteiger partial charge >= 0.3 is 6.18 Å². The van der Waals surface area contributed by atoms with Crippen molar-refractivity contribution in [2.75, 3.05) is 10.6 Å². The molecule has 0 unspecified atom stereocenters. The molecule has 3 aromatic rings. The molecule has 1 aliphatic heterocycles. The molecule has 0 spiro atoms. The number of carbonyl (C=O) groups is 2. The molecule has 0 saturated carbocycles. The Kier molecular flexibility index (Phi) is 5.42. The maximum absolute atomic E-state index is 13.8. The minimum atomic E-state index is -4.58. The second-order valence-corrected chi connectivity index (χ2v) is 9.84. The summed E-state index contributed by atoms with van der Waals surface area (Å²) in [6.45, 7) is 2.11. The van der Waals surface area contributed by atoms with Crippen LogP contribution in [0.25, 0.3) is 0 Å². The number of anilines is 2. The zero-order valence-corrected chi connectivity index (χ0v) is 18.9.